The highest BCUT2D eigenvalue weighted by Crippen LogP contribution is 2.27. The number of nitrogens with zero attached hydrogens (tertiary/aromatic N) is 3. The Labute approximate surface area is 115 Å². The second kappa shape index (κ2) is 4.75. The van der Waals surface area contributed by atoms with Gasteiger partial charge in [0.2, 0.25) is 5.28 Å². The highest BCUT2D eigenvalue weighted by Gasteiger charge is 2.21. The van der Waals surface area contributed by atoms with Crippen LogP contribution in [0.5, 0.6) is 0 Å². The molecule has 2 heterocycles. The van der Waals surface area contributed by atoms with Crippen LogP contribution in [0.25, 0.3) is 0 Å². The van der Waals surface area contributed by atoms with Crippen LogP contribution >= 0.6 is 23.2 Å². The van der Waals surface area contributed by atoms with E-state index in [2.05, 4.69) is 27.0 Å². The zero-order valence-corrected chi connectivity index (χ0v) is 11.1. The van der Waals surface area contributed by atoms with Gasteiger partial charge in [-0.15, -0.1) is 0 Å². The molecule has 1 aromatic carbocycles. The molecule has 5 heteroatoms. The first kappa shape index (κ1) is 11.8. The lowest BCUT2D eigenvalue weighted by Crippen LogP contribution is -2.31. The SMILES string of the molecule is Clc1nc(Cl)c2c(n1)CCN(c1ccccc1)C2. The summed E-state index contributed by atoms with van der Waals surface area (Å²) >= 11 is 12.0. The largest absolute Gasteiger partial charge is 0.367 e. The molecule has 1 aromatic heterocycles. The van der Waals surface area contributed by atoms with Gasteiger partial charge >= 0.3 is 0 Å². The standard InChI is InChI=1S/C13H11Cl2N3/c14-12-10-8-18(9-4-2-1-3-5-9)7-6-11(10)16-13(15)17-12/h1-5H,6-8H2. The summed E-state index contributed by atoms with van der Waals surface area (Å²) in [6, 6.07) is 10.3. The van der Waals surface area contributed by atoms with Gasteiger partial charge < -0.3 is 4.90 Å². The first-order valence-electron chi connectivity index (χ1n) is 5.75. The van der Waals surface area contributed by atoms with Crippen molar-refractivity contribution in [3.8, 4) is 0 Å². The second-order valence-corrected chi connectivity index (χ2v) is 4.91. The Hall–Kier alpha value is -1.32. The van der Waals surface area contributed by atoms with E-state index in [0.29, 0.717) is 5.15 Å². The smallest absolute Gasteiger partial charge is 0.224 e. The highest BCUT2D eigenvalue weighted by atomic mass is 35.5. The summed E-state index contributed by atoms with van der Waals surface area (Å²) in [6.07, 6.45) is 0.839. The molecule has 1 aliphatic heterocycles. The fourth-order valence-corrected chi connectivity index (χ4v) is 2.68. The van der Waals surface area contributed by atoms with Gasteiger partial charge in [-0.2, -0.15) is 0 Å². The average molecular weight is 280 g/mol. The first-order valence-corrected chi connectivity index (χ1v) is 6.50. The van der Waals surface area contributed by atoms with Gasteiger partial charge in [-0.1, -0.05) is 29.8 Å². The molecule has 2 aromatic rings. The third-order valence-electron chi connectivity index (χ3n) is 3.10. The number of halogens is 2. The molecule has 0 atom stereocenters. The monoisotopic (exact) mass is 279 g/mol. The van der Waals surface area contributed by atoms with Gasteiger partial charge in [-0.25, -0.2) is 9.97 Å². The van der Waals surface area contributed by atoms with Crippen LogP contribution in [-0.4, -0.2) is 16.5 Å². The Morgan fingerprint density at radius 1 is 1.06 bits per heavy atom. The van der Waals surface area contributed by atoms with Gasteiger partial charge in [0.25, 0.3) is 0 Å². The molecule has 3 nitrogen and oxygen atoms in total. The number of hydrogen-bond donors (Lipinski definition) is 0. The minimum atomic E-state index is 0.229. The van der Waals surface area contributed by atoms with E-state index in [9.17, 15) is 0 Å². The zero-order chi connectivity index (χ0) is 12.5. The Bertz CT molecular complexity index is 572. The molecule has 0 bridgehead atoms. The summed E-state index contributed by atoms with van der Waals surface area (Å²) < 4.78 is 0. The molecule has 1 aliphatic rings. The van der Waals surface area contributed by atoms with Crippen LogP contribution < -0.4 is 4.90 Å². The fourth-order valence-electron chi connectivity index (χ4n) is 2.20. The van der Waals surface area contributed by atoms with Gasteiger partial charge in [0.15, 0.2) is 0 Å². The zero-order valence-electron chi connectivity index (χ0n) is 9.61. The average Bonchev–Trinajstić information content (AvgIpc) is 2.39. The molecule has 0 fully saturated rings. The van der Waals surface area contributed by atoms with Crippen molar-refractivity contribution in [3.63, 3.8) is 0 Å². The van der Waals surface area contributed by atoms with Gasteiger partial charge in [-0.3, -0.25) is 0 Å². The number of benzene rings is 1. The summed E-state index contributed by atoms with van der Waals surface area (Å²) in [5.41, 5.74) is 3.14. The number of fused-ring (bicyclic) bond motifs is 1. The Balaban J connectivity index is 1.94. The Morgan fingerprint density at radius 2 is 1.83 bits per heavy atom. The van der Waals surface area contributed by atoms with Crippen molar-refractivity contribution in [2.45, 2.75) is 13.0 Å². The van der Waals surface area contributed by atoms with Crippen LogP contribution in [0.1, 0.15) is 11.3 Å². The summed E-state index contributed by atoms with van der Waals surface area (Å²) in [6.45, 7) is 1.65. The molecular formula is C13H11Cl2N3. The first-order chi connectivity index (χ1) is 8.74. The van der Waals surface area contributed by atoms with E-state index in [0.717, 1.165) is 30.8 Å². The van der Waals surface area contributed by atoms with Gasteiger partial charge in [0, 0.05) is 30.8 Å². The molecule has 0 saturated carbocycles. The maximum absolute atomic E-state index is 6.14. The highest BCUT2D eigenvalue weighted by molar-refractivity contribution is 6.32. The summed E-state index contributed by atoms with van der Waals surface area (Å²) in [5.74, 6) is 0. The van der Waals surface area contributed by atoms with E-state index in [1.165, 1.54) is 5.69 Å². The number of anilines is 1. The van der Waals surface area contributed by atoms with Crippen molar-refractivity contribution < 1.29 is 0 Å². The molecule has 3 rings (SSSR count). The molecule has 92 valence electrons. The van der Waals surface area contributed by atoms with Crippen LogP contribution in [0.15, 0.2) is 30.3 Å². The van der Waals surface area contributed by atoms with Gasteiger partial charge in [0.1, 0.15) is 5.15 Å². The van der Waals surface area contributed by atoms with Gasteiger partial charge in [0.05, 0.1) is 5.69 Å². The van der Waals surface area contributed by atoms with Crippen LogP contribution in [0, 0.1) is 0 Å². The van der Waals surface area contributed by atoms with Crippen LogP contribution in [0.2, 0.25) is 10.4 Å². The molecule has 0 aliphatic carbocycles. The van der Waals surface area contributed by atoms with E-state index in [4.69, 9.17) is 23.2 Å². The van der Waals surface area contributed by atoms with E-state index >= 15 is 0 Å². The number of hydrogen-bond acceptors (Lipinski definition) is 3. The summed E-state index contributed by atoms with van der Waals surface area (Å²) in [7, 11) is 0. The molecule has 18 heavy (non-hydrogen) atoms. The molecule has 0 N–H and O–H groups in total. The summed E-state index contributed by atoms with van der Waals surface area (Å²) in [5, 5.41) is 0.692. The van der Waals surface area contributed by atoms with Crippen LogP contribution in [-0.2, 0) is 13.0 Å². The lowest BCUT2D eigenvalue weighted by atomic mass is 10.1. The summed E-state index contributed by atoms with van der Waals surface area (Å²) in [4.78, 5) is 10.5. The van der Waals surface area contributed by atoms with E-state index in [1.54, 1.807) is 0 Å². The topological polar surface area (TPSA) is 29.0 Å². The second-order valence-electron chi connectivity index (χ2n) is 4.22. The molecule has 0 unspecified atom stereocenters. The van der Waals surface area contributed by atoms with E-state index in [-0.39, 0.29) is 5.28 Å². The van der Waals surface area contributed by atoms with E-state index < -0.39 is 0 Å². The molecule has 0 saturated heterocycles. The molecule has 0 amide bonds. The predicted molar refractivity (Wildman–Crippen MR) is 73.2 cm³/mol. The lowest BCUT2D eigenvalue weighted by Gasteiger charge is -2.30. The number of rotatable bonds is 1. The van der Waals surface area contributed by atoms with Crippen molar-refractivity contribution in [1.82, 2.24) is 9.97 Å². The third-order valence-corrected chi connectivity index (χ3v) is 3.59. The molecule has 0 radical (unpaired) electrons. The van der Waals surface area contributed by atoms with Crippen molar-refractivity contribution in [3.05, 3.63) is 52.0 Å². The quantitative estimate of drug-likeness (QED) is 0.592. The lowest BCUT2D eigenvalue weighted by molar-refractivity contribution is 0.705. The van der Waals surface area contributed by atoms with Crippen LogP contribution in [0.3, 0.4) is 0 Å². The predicted octanol–water partition coefficient (Wildman–Crippen LogP) is 3.35. The third kappa shape index (κ3) is 2.16. The number of para-hydroxylation sites is 1. The van der Waals surface area contributed by atoms with Gasteiger partial charge in [-0.05, 0) is 23.7 Å². The normalized spacial score (nSPS) is 14.4. The maximum atomic E-state index is 6.14. The van der Waals surface area contributed by atoms with Crippen molar-refractivity contribution in [2.75, 3.05) is 11.4 Å². The fraction of sp³-hybridized carbons (Fsp3) is 0.231. The molecular weight excluding hydrogens is 269 g/mol. The van der Waals surface area contributed by atoms with Crippen LogP contribution in [0.4, 0.5) is 5.69 Å². The Kier molecular flexibility index (Phi) is 3.10. The minimum Gasteiger partial charge on any atom is -0.367 e. The number of aromatic nitrogens is 2. The minimum absolute atomic E-state index is 0.229. The maximum Gasteiger partial charge on any atom is 0.224 e. The Morgan fingerprint density at radius 3 is 2.61 bits per heavy atom. The van der Waals surface area contributed by atoms with Crippen molar-refractivity contribution in [2.24, 2.45) is 0 Å². The van der Waals surface area contributed by atoms with Crippen molar-refractivity contribution in [1.29, 1.82) is 0 Å². The molecule has 0 spiro atoms. The van der Waals surface area contributed by atoms with Crippen molar-refractivity contribution >= 4 is 28.9 Å². The van der Waals surface area contributed by atoms with E-state index in [1.807, 2.05) is 18.2 Å².